The molecule has 3 heteroatoms. The van der Waals surface area contributed by atoms with Crippen molar-refractivity contribution >= 4 is 0 Å². The van der Waals surface area contributed by atoms with Crippen LogP contribution in [0.15, 0.2) is 0 Å². The number of hydrogen-bond donors (Lipinski definition) is 1. The predicted molar refractivity (Wildman–Crippen MR) is 57.4 cm³/mol. The lowest BCUT2D eigenvalue weighted by Gasteiger charge is -2.27. The molecule has 2 rings (SSSR count). The molecule has 0 aromatic rings. The van der Waals surface area contributed by atoms with Gasteiger partial charge in [0, 0.05) is 39.2 Å². The molecule has 3 nitrogen and oxygen atoms in total. The van der Waals surface area contributed by atoms with Gasteiger partial charge in [-0.1, -0.05) is 0 Å². The molecule has 1 N–H and O–H groups in total. The standard InChI is InChI=1S/C11H22N2O/c1-13-6-5-12-7-10(8-13)11(14-2)9-3-4-9/h9-12H,3-8H2,1-2H3/t10-,11-/m1/s1. The van der Waals surface area contributed by atoms with Crippen molar-refractivity contribution in [3.63, 3.8) is 0 Å². The molecule has 0 radical (unpaired) electrons. The molecule has 0 unspecified atom stereocenters. The molecule has 0 spiro atoms. The number of rotatable bonds is 3. The summed E-state index contributed by atoms with van der Waals surface area (Å²) in [7, 11) is 4.08. The Morgan fingerprint density at radius 2 is 2.14 bits per heavy atom. The molecule has 82 valence electrons. The lowest BCUT2D eigenvalue weighted by molar-refractivity contribution is 0.0280. The summed E-state index contributed by atoms with van der Waals surface area (Å²) < 4.78 is 5.65. The number of likely N-dealkylation sites (N-methyl/N-ethyl adjacent to an activating group) is 1. The quantitative estimate of drug-likeness (QED) is 0.717. The molecule has 2 aliphatic rings. The number of nitrogens with one attached hydrogen (secondary N) is 1. The third kappa shape index (κ3) is 2.47. The maximum atomic E-state index is 5.65. The van der Waals surface area contributed by atoms with E-state index in [1.165, 1.54) is 19.4 Å². The normalized spacial score (nSPS) is 32.6. The van der Waals surface area contributed by atoms with Gasteiger partial charge in [-0.15, -0.1) is 0 Å². The van der Waals surface area contributed by atoms with Crippen LogP contribution in [-0.2, 0) is 4.74 Å². The van der Waals surface area contributed by atoms with E-state index in [1.807, 2.05) is 7.11 Å². The second-order valence-electron chi connectivity index (χ2n) is 4.76. The van der Waals surface area contributed by atoms with Crippen LogP contribution in [0.25, 0.3) is 0 Å². The number of methoxy groups -OCH3 is 1. The van der Waals surface area contributed by atoms with E-state index in [2.05, 4.69) is 17.3 Å². The fourth-order valence-corrected chi connectivity index (χ4v) is 2.53. The van der Waals surface area contributed by atoms with Gasteiger partial charge in [0.1, 0.15) is 0 Å². The zero-order valence-corrected chi connectivity index (χ0v) is 9.33. The second-order valence-corrected chi connectivity index (χ2v) is 4.76. The van der Waals surface area contributed by atoms with Crippen molar-refractivity contribution in [2.24, 2.45) is 11.8 Å². The van der Waals surface area contributed by atoms with E-state index in [1.54, 1.807) is 0 Å². The summed E-state index contributed by atoms with van der Waals surface area (Å²) in [5, 5.41) is 3.50. The van der Waals surface area contributed by atoms with E-state index >= 15 is 0 Å². The number of nitrogens with zero attached hydrogens (tertiary/aromatic N) is 1. The van der Waals surface area contributed by atoms with Crippen LogP contribution in [0.1, 0.15) is 12.8 Å². The van der Waals surface area contributed by atoms with Crippen molar-refractivity contribution in [3.05, 3.63) is 0 Å². The molecular weight excluding hydrogens is 176 g/mol. The van der Waals surface area contributed by atoms with Crippen LogP contribution in [0.4, 0.5) is 0 Å². The summed E-state index contributed by atoms with van der Waals surface area (Å²) in [6.45, 7) is 4.59. The Hall–Kier alpha value is -0.120. The van der Waals surface area contributed by atoms with E-state index in [-0.39, 0.29) is 0 Å². The first kappa shape index (κ1) is 10.4. The van der Waals surface area contributed by atoms with Crippen molar-refractivity contribution in [2.75, 3.05) is 40.3 Å². The van der Waals surface area contributed by atoms with E-state index in [9.17, 15) is 0 Å². The van der Waals surface area contributed by atoms with Crippen LogP contribution in [0.5, 0.6) is 0 Å². The summed E-state index contributed by atoms with van der Waals surface area (Å²) in [6, 6.07) is 0. The highest BCUT2D eigenvalue weighted by molar-refractivity contribution is 4.89. The van der Waals surface area contributed by atoms with Crippen molar-refractivity contribution in [1.29, 1.82) is 0 Å². The summed E-state index contributed by atoms with van der Waals surface area (Å²) in [5.74, 6) is 1.53. The molecule has 1 heterocycles. The second kappa shape index (κ2) is 4.60. The SMILES string of the molecule is CO[C@H](C1CC1)[C@@H]1CNCCN(C)C1. The van der Waals surface area contributed by atoms with Crippen LogP contribution in [0, 0.1) is 11.8 Å². The van der Waals surface area contributed by atoms with Gasteiger partial charge in [-0.05, 0) is 25.8 Å². The van der Waals surface area contributed by atoms with Gasteiger partial charge in [0.15, 0.2) is 0 Å². The highest BCUT2D eigenvalue weighted by atomic mass is 16.5. The topological polar surface area (TPSA) is 24.5 Å². The molecule has 1 saturated carbocycles. The van der Waals surface area contributed by atoms with Gasteiger partial charge in [0.05, 0.1) is 6.10 Å². The predicted octanol–water partition coefficient (Wildman–Crippen LogP) is 0.563. The molecule has 0 aromatic heterocycles. The number of hydrogen-bond acceptors (Lipinski definition) is 3. The highest BCUT2D eigenvalue weighted by Gasteiger charge is 2.37. The third-order valence-corrected chi connectivity index (χ3v) is 3.45. The van der Waals surface area contributed by atoms with Crippen molar-refractivity contribution in [2.45, 2.75) is 18.9 Å². The van der Waals surface area contributed by atoms with Gasteiger partial charge in [-0.25, -0.2) is 0 Å². The number of ether oxygens (including phenoxy) is 1. The average molecular weight is 198 g/mol. The zero-order valence-electron chi connectivity index (χ0n) is 9.33. The van der Waals surface area contributed by atoms with Gasteiger partial charge in [0.2, 0.25) is 0 Å². The fourth-order valence-electron chi connectivity index (χ4n) is 2.53. The van der Waals surface area contributed by atoms with Crippen molar-refractivity contribution in [1.82, 2.24) is 10.2 Å². The first-order valence-electron chi connectivity index (χ1n) is 5.73. The Balaban J connectivity index is 1.91. The Kier molecular flexibility index (Phi) is 3.42. The summed E-state index contributed by atoms with van der Waals surface area (Å²) >= 11 is 0. The van der Waals surface area contributed by atoms with Gasteiger partial charge in [0.25, 0.3) is 0 Å². The molecule has 14 heavy (non-hydrogen) atoms. The Morgan fingerprint density at radius 3 is 2.79 bits per heavy atom. The van der Waals surface area contributed by atoms with Crippen LogP contribution >= 0.6 is 0 Å². The first-order chi connectivity index (χ1) is 6.81. The molecule has 0 aromatic carbocycles. The molecule has 2 fully saturated rings. The Bertz CT molecular complexity index is 182. The highest BCUT2D eigenvalue weighted by Crippen LogP contribution is 2.37. The Labute approximate surface area is 86.8 Å². The maximum Gasteiger partial charge on any atom is 0.0652 e. The van der Waals surface area contributed by atoms with Crippen LogP contribution < -0.4 is 5.32 Å². The van der Waals surface area contributed by atoms with Gasteiger partial charge < -0.3 is 15.0 Å². The minimum Gasteiger partial charge on any atom is -0.381 e. The van der Waals surface area contributed by atoms with Gasteiger partial charge in [-0.3, -0.25) is 0 Å². The maximum absolute atomic E-state index is 5.65. The van der Waals surface area contributed by atoms with E-state index in [0.29, 0.717) is 12.0 Å². The van der Waals surface area contributed by atoms with Crippen LogP contribution in [-0.4, -0.2) is 51.3 Å². The first-order valence-corrected chi connectivity index (χ1v) is 5.73. The molecule has 2 atom stereocenters. The van der Waals surface area contributed by atoms with E-state index < -0.39 is 0 Å². The lowest BCUT2D eigenvalue weighted by atomic mass is 9.98. The van der Waals surface area contributed by atoms with Crippen molar-refractivity contribution in [3.8, 4) is 0 Å². The summed E-state index contributed by atoms with van der Waals surface area (Å²) in [4.78, 5) is 2.42. The molecule has 1 saturated heterocycles. The van der Waals surface area contributed by atoms with Crippen LogP contribution in [0.3, 0.4) is 0 Å². The summed E-state index contributed by atoms with van der Waals surface area (Å²) in [6.07, 6.45) is 3.24. The van der Waals surface area contributed by atoms with Gasteiger partial charge >= 0.3 is 0 Å². The molecule has 0 amide bonds. The minimum absolute atomic E-state index is 0.489. The lowest BCUT2D eigenvalue weighted by Crippen LogP contribution is -2.37. The summed E-state index contributed by atoms with van der Waals surface area (Å²) in [5.41, 5.74) is 0. The third-order valence-electron chi connectivity index (χ3n) is 3.45. The van der Waals surface area contributed by atoms with E-state index in [0.717, 1.165) is 25.6 Å². The minimum atomic E-state index is 0.489. The Morgan fingerprint density at radius 1 is 1.36 bits per heavy atom. The van der Waals surface area contributed by atoms with Gasteiger partial charge in [-0.2, -0.15) is 0 Å². The van der Waals surface area contributed by atoms with Crippen molar-refractivity contribution < 1.29 is 4.74 Å². The van der Waals surface area contributed by atoms with E-state index in [4.69, 9.17) is 4.74 Å². The molecule has 0 bridgehead atoms. The largest absolute Gasteiger partial charge is 0.381 e. The zero-order chi connectivity index (χ0) is 9.97. The molecule has 1 aliphatic heterocycles. The fraction of sp³-hybridized carbons (Fsp3) is 1.00. The van der Waals surface area contributed by atoms with Crippen LogP contribution in [0.2, 0.25) is 0 Å². The monoisotopic (exact) mass is 198 g/mol. The molecular formula is C11H22N2O. The average Bonchev–Trinajstić information content (AvgIpc) is 2.96. The smallest absolute Gasteiger partial charge is 0.0652 e. The molecule has 1 aliphatic carbocycles.